The van der Waals surface area contributed by atoms with Gasteiger partial charge in [0.25, 0.3) is 0 Å². The van der Waals surface area contributed by atoms with Crippen molar-refractivity contribution in [2.75, 3.05) is 10.6 Å². The maximum atomic E-state index is 4.45. The first-order valence-corrected chi connectivity index (χ1v) is 7.82. The number of fused-ring (bicyclic) bond motifs is 1. The Labute approximate surface area is 144 Å². The van der Waals surface area contributed by atoms with Crippen molar-refractivity contribution in [2.24, 2.45) is 0 Å². The van der Waals surface area contributed by atoms with Gasteiger partial charge in [-0.2, -0.15) is 10.1 Å². The molecule has 0 saturated carbocycles. The van der Waals surface area contributed by atoms with Gasteiger partial charge < -0.3 is 10.6 Å². The van der Waals surface area contributed by atoms with Crippen molar-refractivity contribution in [1.82, 2.24) is 25.1 Å². The minimum Gasteiger partial charge on any atom is -0.349 e. The van der Waals surface area contributed by atoms with Gasteiger partial charge in [0.15, 0.2) is 5.82 Å². The number of pyridine rings is 2. The molecule has 0 bridgehead atoms. The number of rotatable bonds is 5. The van der Waals surface area contributed by atoms with Crippen molar-refractivity contribution in [3.63, 3.8) is 0 Å². The van der Waals surface area contributed by atoms with Gasteiger partial charge in [0.2, 0.25) is 5.95 Å². The molecule has 0 radical (unpaired) electrons. The molecule has 4 aromatic rings. The van der Waals surface area contributed by atoms with Crippen LogP contribution in [0.4, 0.5) is 17.5 Å². The molecule has 7 nitrogen and oxygen atoms in total. The molecular weight excluding hydrogens is 314 g/mol. The highest BCUT2D eigenvalue weighted by Crippen LogP contribution is 2.23. The number of anilines is 3. The van der Waals surface area contributed by atoms with Crippen molar-refractivity contribution in [3.8, 4) is 0 Å². The molecule has 1 aromatic carbocycles. The average molecular weight is 329 g/mol. The van der Waals surface area contributed by atoms with E-state index in [0.29, 0.717) is 18.3 Å². The van der Waals surface area contributed by atoms with E-state index in [1.54, 1.807) is 24.8 Å². The lowest BCUT2D eigenvalue weighted by Crippen LogP contribution is -2.06. The molecule has 2 N–H and O–H groups in total. The third-order valence-electron chi connectivity index (χ3n) is 3.65. The van der Waals surface area contributed by atoms with Crippen LogP contribution in [0.15, 0.2) is 67.3 Å². The molecule has 3 heterocycles. The first-order chi connectivity index (χ1) is 12.4. The Kier molecular flexibility index (Phi) is 4.11. The van der Waals surface area contributed by atoms with Crippen LogP contribution in [0.5, 0.6) is 0 Å². The van der Waals surface area contributed by atoms with Gasteiger partial charge in [-0.1, -0.05) is 18.2 Å². The molecule has 0 amide bonds. The Bertz CT molecular complexity index is 983. The van der Waals surface area contributed by atoms with E-state index in [1.165, 1.54) is 0 Å². The summed E-state index contributed by atoms with van der Waals surface area (Å²) >= 11 is 0. The lowest BCUT2D eigenvalue weighted by Gasteiger charge is -2.09. The maximum absolute atomic E-state index is 4.45. The molecule has 0 spiro atoms. The van der Waals surface area contributed by atoms with Crippen LogP contribution in [0.1, 0.15) is 5.56 Å². The number of hydrogen-bond donors (Lipinski definition) is 2. The van der Waals surface area contributed by atoms with E-state index < -0.39 is 0 Å². The summed E-state index contributed by atoms with van der Waals surface area (Å²) in [6.07, 6.45) is 6.86. The third kappa shape index (κ3) is 3.50. The quantitative estimate of drug-likeness (QED) is 0.581. The second-order valence-corrected chi connectivity index (χ2v) is 5.38. The zero-order valence-corrected chi connectivity index (χ0v) is 13.3. The van der Waals surface area contributed by atoms with Gasteiger partial charge >= 0.3 is 0 Å². The van der Waals surface area contributed by atoms with Crippen LogP contribution in [0.3, 0.4) is 0 Å². The Morgan fingerprint density at radius 3 is 2.72 bits per heavy atom. The molecule has 0 saturated heterocycles. The van der Waals surface area contributed by atoms with Crippen LogP contribution in [0.2, 0.25) is 0 Å². The lowest BCUT2D eigenvalue weighted by molar-refractivity contribution is 0.948. The normalized spacial score (nSPS) is 10.6. The van der Waals surface area contributed by atoms with E-state index in [-0.39, 0.29) is 0 Å². The summed E-state index contributed by atoms with van der Waals surface area (Å²) in [4.78, 5) is 12.9. The van der Waals surface area contributed by atoms with Crippen molar-refractivity contribution in [3.05, 3.63) is 72.8 Å². The molecule has 0 atom stereocenters. The maximum Gasteiger partial charge on any atom is 0.244 e. The summed E-state index contributed by atoms with van der Waals surface area (Å²) in [6, 6.07) is 13.8. The van der Waals surface area contributed by atoms with Gasteiger partial charge in [-0.05, 0) is 29.8 Å². The number of hydrogen-bond acceptors (Lipinski definition) is 7. The van der Waals surface area contributed by atoms with Crippen LogP contribution in [0.25, 0.3) is 10.9 Å². The van der Waals surface area contributed by atoms with E-state index >= 15 is 0 Å². The largest absolute Gasteiger partial charge is 0.349 e. The molecule has 3 aromatic heterocycles. The SMILES string of the molecule is c1cnc2c(Nc3cnnc(NCc4ccncc4)n3)cccc2c1. The summed E-state index contributed by atoms with van der Waals surface area (Å²) in [5.41, 5.74) is 2.85. The number of para-hydroxylation sites is 1. The third-order valence-corrected chi connectivity index (χ3v) is 3.65. The van der Waals surface area contributed by atoms with Crippen molar-refractivity contribution in [2.45, 2.75) is 6.54 Å². The summed E-state index contributed by atoms with van der Waals surface area (Å²) in [5.74, 6) is 1.06. The zero-order chi connectivity index (χ0) is 16.9. The molecule has 0 aliphatic heterocycles. The monoisotopic (exact) mass is 329 g/mol. The average Bonchev–Trinajstić information content (AvgIpc) is 2.68. The standard InChI is InChI=1S/C18H15N7/c1-3-14-4-2-8-20-17(14)15(5-1)23-16-12-22-25-18(24-16)21-11-13-6-9-19-10-7-13/h1-10,12H,11H2,(H2,21,23,24,25). The predicted molar refractivity (Wildman–Crippen MR) is 96.4 cm³/mol. The highest BCUT2D eigenvalue weighted by atomic mass is 15.3. The topological polar surface area (TPSA) is 88.5 Å². The molecule has 4 rings (SSSR count). The molecule has 0 unspecified atom stereocenters. The van der Waals surface area contributed by atoms with Crippen LogP contribution < -0.4 is 10.6 Å². The smallest absolute Gasteiger partial charge is 0.244 e. The van der Waals surface area contributed by atoms with Gasteiger partial charge in [-0.25, -0.2) is 0 Å². The molecule has 0 fully saturated rings. The summed E-state index contributed by atoms with van der Waals surface area (Å²) < 4.78 is 0. The van der Waals surface area contributed by atoms with Gasteiger partial charge in [-0.15, -0.1) is 5.10 Å². The van der Waals surface area contributed by atoms with Crippen LogP contribution in [-0.2, 0) is 6.54 Å². The van der Waals surface area contributed by atoms with Crippen molar-refractivity contribution >= 4 is 28.4 Å². The molecule has 7 heteroatoms. The van der Waals surface area contributed by atoms with Crippen LogP contribution in [-0.4, -0.2) is 25.1 Å². The first kappa shape index (κ1) is 14.9. The van der Waals surface area contributed by atoms with Crippen molar-refractivity contribution < 1.29 is 0 Å². The number of benzene rings is 1. The summed E-state index contributed by atoms with van der Waals surface area (Å²) in [7, 11) is 0. The van der Waals surface area contributed by atoms with Crippen LogP contribution >= 0.6 is 0 Å². The van der Waals surface area contributed by atoms with Gasteiger partial charge in [0.1, 0.15) is 0 Å². The summed E-state index contributed by atoms with van der Waals surface area (Å²) in [6.45, 7) is 0.601. The summed E-state index contributed by atoms with van der Waals surface area (Å²) in [5, 5.41) is 15.5. The second kappa shape index (κ2) is 6.88. The van der Waals surface area contributed by atoms with Gasteiger partial charge in [-0.3, -0.25) is 9.97 Å². The fourth-order valence-corrected chi connectivity index (χ4v) is 2.46. The van der Waals surface area contributed by atoms with Crippen molar-refractivity contribution in [1.29, 1.82) is 0 Å². The number of aromatic nitrogens is 5. The lowest BCUT2D eigenvalue weighted by atomic mass is 10.2. The highest BCUT2D eigenvalue weighted by Gasteiger charge is 2.05. The number of nitrogens with zero attached hydrogens (tertiary/aromatic N) is 5. The molecule has 122 valence electrons. The minimum absolute atomic E-state index is 0.454. The number of nitrogens with one attached hydrogen (secondary N) is 2. The van der Waals surface area contributed by atoms with E-state index in [9.17, 15) is 0 Å². The van der Waals surface area contributed by atoms with Gasteiger partial charge in [0, 0.05) is 30.5 Å². The predicted octanol–water partition coefficient (Wildman–Crippen LogP) is 3.17. The molecule has 0 aliphatic carbocycles. The van der Waals surface area contributed by atoms with Crippen LogP contribution in [0, 0.1) is 0 Å². The fourth-order valence-electron chi connectivity index (χ4n) is 2.46. The van der Waals surface area contributed by atoms with E-state index in [2.05, 4.69) is 35.8 Å². The first-order valence-electron chi connectivity index (χ1n) is 7.82. The Morgan fingerprint density at radius 1 is 0.920 bits per heavy atom. The van der Waals surface area contributed by atoms with Gasteiger partial charge in [0.05, 0.1) is 17.4 Å². The van der Waals surface area contributed by atoms with E-state index in [4.69, 9.17) is 0 Å². The Hall–Kier alpha value is -3.61. The fraction of sp³-hybridized carbons (Fsp3) is 0.0556. The molecule has 25 heavy (non-hydrogen) atoms. The Morgan fingerprint density at radius 2 is 1.80 bits per heavy atom. The second-order valence-electron chi connectivity index (χ2n) is 5.38. The van der Waals surface area contributed by atoms with E-state index in [1.807, 2.05) is 42.5 Å². The molecular formula is C18H15N7. The van der Waals surface area contributed by atoms with E-state index in [0.717, 1.165) is 22.2 Å². The Balaban J connectivity index is 1.53. The zero-order valence-electron chi connectivity index (χ0n) is 13.3. The minimum atomic E-state index is 0.454. The highest BCUT2D eigenvalue weighted by molar-refractivity contribution is 5.91. The molecule has 0 aliphatic rings.